The van der Waals surface area contributed by atoms with Gasteiger partial charge < -0.3 is 0 Å². The van der Waals surface area contributed by atoms with Crippen LogP contribution in [0.15, 0.2) is 29.3 Å². The van der Waals surface area contributed by atoms with Crippen molar-refractivity contribution in [2.24, 2.45) is 7.05 Å². The first kappa shape index (κ1) is 10.7. The number of hydrogen-bond donors (Lipinski definition) is 0. The third-order valence-electron chi connectivity index (χ3n) is 2.81. The summed E-state index contributed by atoms with van der Waals surface area (Å²) in [6, 6.07) is 6.22. The molecular weight excluding hydrogens is 202 g/mol. The van der Waals surface area contributed by atoms with Crippen LogP contribution in [-0.4, -0.2) is 14.3 Å². The Bertz CT molecular complexity index is 566. The van der Waals surface area contributed by atoms with E-state index >= 15 is 0 Å². The van der Waals surface area contributed by atoms with Crippen molar-refractivity contribution in [1.82, 2.24) is 14.3 Å². The number of hydrogen-bond acceptors (Lipinski definition) is 2. The van der Waals surface area contributed by atoms with Crippen LogP contribution in [0.3, 0.4) is 0 Å². The molecule has 0 saturated heterocycles. The van der Waals surface area contributed by atoms with E-state index in [1.165, 1.54) is 15.8 Å². The van der Waals surface area contributed by atoms with E-state index in [1.54, 1.807) is 17.9 Å². The minimum atomic E-state index is -0.0850. The molecule has 16 heavy (non-hydrogen) atoms. The third-order valence-corrected chi connectivity index (χ3v) is 2.81. The van der Waals surface area contributed by atoms with Crippen LogP contribution in [0.5, 0.6) is 0 Å². The minimum Gasteiger partial charge on any atom is -0.277 e. The Morgan fingerprint density at radius 3 is 2.56 bits per heavy atom. The Balaban J connectivity index is 2.31. The molecule has 0 bridgehead atoms. The molecule has 0 radical (unpaired) electrons. The average molecular weight is 217 g/mol. The molecule has 0 spiro atoms. The monoisotopic (exact) mass is 217 g/mol. The Hall–Kier alpha value is -1.84. The van der Waals surface area contributed by atoms with E-state index < -0.39 is 0 Å². The van der Waals surface area contributed by atoms with Crippen molar-refractivity contribution < 1.29 is 0 Å². The van der Waals surface area contributed by atoms with Gasteiger partial charge in [-0.25, -0.2) is 9.48 Å². The first-order valence-electron chi connectivity index (χ1n) is 5.22. The van der Waals surface area contributed by atoms with E-state index in [4.69, 9.17) is 0 Å². The molecule has 0 saturated carbocycles. The molecule has 0 amide bonds. The predicted octanol–water partition coefficient (Wildman–Crippen LogP) is 1.25. The van der Waals surface area contributed by atoms with Crippen LogP contribution in [0.1, 0.15) is 16.7 Å². The van der Waals surface area contributed by atoms with Crippen molar-refractivity contribution >= 4 is 0 Å². The van der Waals surface area contributed by atoms with Crippen LogP contribution < -0.4 is 5.69 Å². The summed E-state index contributed by atoms with van der Waals surface area (Å²) in [6.45, 7) is 4.73. The van der Waals surface area contributed by atoms with E-state index in [1.807, 2.05) is 6.07 Å². The van der Waals surface area contributed by atoms with Gasteiger partial charge in [0, 0.05) is 7.05 Å². The highest BCUT2D eigenvalue weighted by molar-refractivity contribution is 5.29. The molecular formula is C12H15N3O. The summed E-state index contributed by atoms with van der Waals surface area (Å²) in [5, 5.41) is 3.92. The summed E-state index contributed by atoms with van der Waals surface area (Å²) in [4.78, 5) is 11.6. The molecule has 0 atom stereocenters. The fourth-order valence-corrected chi connectivity index (χ4v) is 1.63. The molecule has 2 rings (SSSR count). The van der Waals surface area contributed by atoms with Crippen molar-refractivity contribution in [3.8, 4) is 0 Å². The van der Waals surface area contributed by atoms with Crippen LogP contribution in [0.25, 0.3) is 0 Å². The van der Waals surface area contributed by atoms with E-state index in [0.717, 1.165) is 5.56 Å². The topological polar surface area (TPSA) is 39.8 Å². The second kappa shape index (κ2) is 3.96. The summed E-state index contributed by atoms with van der Waals surface area (Å²) in [7, 11) is 1.65. The van der Waals surface area contributed by atoms with Gasteiger partial charge in [-0.15, -0.1) is 0 Å². The van der Waals surface area contributed by atoms with E-state index in [-0.39, 0.29) is 5.69 Å². The maximum atomic E-state index is 11.6. The Morgan fingerprint density at radius 1 is 1.25 bits per heavy atom. The predicted molar refractivity (Wildman–Crippen MR) is 62.5 cm³/mol. The van der Waals surface area contributed by atoms with Crippen molar-refractivity contribution in [3.63, 3.8) is 0 Å². The normalized spacial score (nSPS) is 10.7. The molecule has 0 fully saturated rings. The molecule has 4 nitrogen and oxygen atoms in total. The van der Waals surface area contributed by atoms with Crippen LogP contribution >= 0.6 is 0 Å². The van der Waals surface area contributed by atoms with Gasteiger partial charge in [-0.2, -0.15) is 5.10 Å². The average Bonchev–Trinajstić information content (AvgIpc) is 2.55. The smallest absolute Gasteiger partial charge is 0.277 e. The SMILES string of the molecule is Cc1ccc(Cn2cnn(C)c2=O)cc1C. The molecule has 0 unspecified atom stereocenters. The fourth-order valence-electron chi connectivity index (χ4n) is 1.63. The lowest BCUT2D eigenvalue weighted by Crippen LogP contribution is -2.22. The van der Waals surface area contributed by atoms with E-state index in [0.29, 0.717) is 6.54 Å². The summed E-state index contributed by atoms with van der Waals surface area (Å²) in [6.07, 6.45) is 1.57. The number of benzene rings is 1. The second-order valence-corrected chi connectivity index (χ2v) is 4.08. The molecule has 1 aromatic heterocycles. The first-order chi connectivity index (χ1) is 7.58. The Kier molecular flexibility index (Phi) is 2.64. The number of nitrogens with zero attached hydrogens (tertiary/aromatic N) is 3. The third kappa shape index (κ3) is 1.91. The fraction of sp³-hybridized carbons (Fsp3) is 0.333. The number of aryl methyl sites for hydroxylation is 3. The molecule has 0 N–H and O–H groups in total. The Labute approximate surface area is 94.1 Å². The van der Waals surface area contributed by atoms with Crippen molar-refractivity contribution in [2.75, 3.05) is 0 Å². The van der Waals surface area contributed by atoms with Gasteiger partial charge in [-0.1, -0.05) is 18.2 Å². The lowest BCUT2D eigenvalue weighted by atomic mass is 10.1. The van der Waals surface area contributed by atoms with Gasteiger partial charge in [-0.05, 0) is 30.5 Å². The molecule has 84 valence electrons. The summed E-state index contributed by atoms with van der Waals surface area (Å²) >= 11 is 0. The van der Waals surface area contributed by atoms with Crippen molar-refractivity contribution in [3.05, 3.63) is 51.7 Å². The zero-order valence-corrected chi connectivity index (χ0v) is 9.77. The van der Waals surface area contributed by atoms with Gasteiger partial charge >= 0.3 is 5.69 Å². The van der Waals surface area contributed by atoms with E-state index in [9.17, 15) is 4.79 Å². The second-order valence-electron chi connectivity index (χ2n) is 4.08. The van der Waals surface area contributed by atoms with Gasteiger partial charge in [0.25, 0.3) is 0 Å². The zero-order valence-electron chi connectivity index (χ0n) is 9.77. The van der Waals surface area contributed by atoms with Gasteiger partial charge in [-0.3, -0.25) is 4.57 Å². The van der Waals surface area contributed by atoms with Crippen LogP contribution in [0, 0.1) is 13.8 Å². The van der Waals surface area contributed by atoms with Crippen molar-refractivity contribution in [2.45, 2.75) is 20.4 Å². The quantitative estimate of drug-likeness (QED) is 0.759. The van der Waals surface area contributed by atoms with Crippen LogP contribution in [0.4, 0.5) is 0 Å². The van der Waals surface area contributed by atoms with Crippen LogP contribution in [0.2, 0.25) is 0 Å². The highest BCUT2D eigenvalue weighted by atomic mass is 16.2. The number of aromatic nitrogens is 3. The summed E-state index contributed by atoms with van der Waals surface area (Å²) in [5.74, 6) is 0. The van der Waals surface area contributed by atoms with Gasteiger partial charge in [0.15, 0.2) is 0 Å². The first-order valence-corrected chi connectivity index (χ1v) is 5.22. The zero-order chi connectivity index (χ0) is 11.7. The maximum Gasteiger partial charge on any atom is 0.345 e. The number of rotatable bonds is 2. The van der Waals surface area contributed by atoms with Crippen LogP contribution in [-0.2, 0) is 13.6 Å². The van der Waals surface area contributed by atoms with Gasteiger partial charge in [0.1, 0.15) is 6.33 Å². The molecule has 0 aliphatic heterocycles. The molecule has 2 aromatic rings. The molecule has 1 heterocycles. The largest absolute Gasteiger partial charge is 0.345 e. The lowest BCUT2D eigenvalue weighted by molar-refractivity contribution is 0.691. The van der Waals surface area contributed by atoms with E-state index in [2.05, 4.69) is 31.1 Å². The van der Waals surface area contributed by atoms with Gasteiger partial charge in [0.2, 0.25) is 0 Å². The highest BCUT2D eigenvalue weighted by Gasteiger charge is 2.02. The summed E-state index contributed by atoms with van der Waals surface area (Å²) < 4.78 is 2.94. The summed E-state index contributed by atoms with van der Waals surface area (Å²) in [5.41, 5.74) is 3.55. The lowest BCUT2D eigenvalue weighted by Gasteiger charge is -2.04. The maximum absolute atomic E-state index is 11.6. The molecule has 0 aliphatic rings. The molecule has 1 aromatic carbocycles. The van der Waals surface area contributed by atoms with Gasteiger partial charge in [0.05, 0.1) is 6.54 Å². The standard InChI is InChI=1S/C12H15N3O/c1-9-4-5-11(6-10(9)2)7-15-8-13-14(3)12(15)16/h4-6,8H,7H2,1-3H3. The molecule has 4 heteroatoms. The molecule has 0 aliphatic carbocycles. The minimum absolute atomic E-state index is 0.0850. The highest BCUT2D eigenvalue weighted by Crippen LogP contribution is 2.10. The Morgan fingerprint density at radius 2 is 2.00 bits per heavy atom. The van der Waals surface area contributed by atoms with Crippen molar-refractivity contribution in [1.29, 1.82) is 0 Å².